The summed E-state index contributed by atoms with van der Waals surface area (Å²) in [4.78, 5) is 22.3. The highest BCUT2D eigenvalue weighted by Crippen LogP contribution is 2.37. The van der Waals surface area contributed by atoms with Gasteiger partial charge in [-0.1, -0.05) is 23.8 Å². The third kappa shape index (κ3) is 4.38. The van der Waals surface area contributed by atoms with Gasteiger partial charge >= 0.3 is 5.97 Å². The molecule has 4 heteroatoms. The monoisotopic (exact) mass is 384 g/mol. The predicted molar refractivity (Wildman–Crippen MR) is 85.8 cm³/mol. The van der Waals surface area contributed by atoms with Crippen molar-refractivity contribution in [2.24, 2.45) is 5.41 Å². The molecule has 1 aliphatic carbocycles. The summed E-state index contributed by atoms with van der Waals surface area (Å²) in [5.74, 6) is 8.55. The van der Waals surface area contributed by atoms with E-state index < -0.39 is 11.0 Å². The summed E-state index contributed by atoms with van der Waals surface area (Å²) in [5.41, 5.74) is -0.710. The molecule has 0 spiro atoms. The van der Waals surface area contributed by atoms with Crippen LogP contribution in [-0.4, -0.2) is 17.9 Å². The topological polar surface area (TPSA) is 43.4 Å². The van der Waals surface area contributed by atoms with Crippen LogP contribution in [0.2, 0.25) is 0 Å². The van der Waals surface area contributed by atoms with Crippen molar-refractivity contribution in [3.63, 3.8) is 0 Å². The Morgan fingerprint density at radius 2 is 2.30 bits per heavy atom. The number of aldehydes is 1. The van der Waals surface area contributed by atoms with E-state index in [0.29, 0.717) is 12.8 Å². The van der Waals surface area contributed by atoms with Crippen molar-refractivity contribution >= 4 is 34.8 Å². The van der Waals surface area contributed by atoms with Crippen LogP contribution in [0.3, 0.4) is 0 Å². The molecule has 0 aliphatic heterocycles. The second kappa shape index (κ2) is 6.95. The SMILES string of the molecule is CC(=O)OC1(CC#CI)CCC=C1C#CC(C)(C)C=O. The van der Waals surface area contributed by atoms with Crippen LogP contribution < -0.4 is 0 Å². The highest BCUT2D eigenvalue weighted by atomic mass is 127. The molecule has 0 aromatic heterocycles. The lowest BCUT2D eigenvalue weighted by molar-refractivity contribution is -0.152. The zero-order valence-corrected chi connectivity index (χ0v) is 14.0. The van der Waals surface area contributed by atoms with Gasteiger partial charge in [0.2, 0.25) is 0 Å². The Bertz CT molecular complexity index is 552. The van der Waals surface area contributed by atoms with Crippen molar-refractivity contribution in [1.82, 2.24) is 0 Å². The second-order valence-corrected chi connectivity index (χ2v) is 5.82. The lowest BCUT2D eigenvalue weighted by Crippen LogP contribution is -2.33. The fourth-order valence-electron chi connectivity index (χ4n) is 1.97. The van der Waals surface area contributed by atoms with Gasteiger partial charge in [-0.2, -0.15) is 0 Å². The molecule has 0 aromatic carbocycles. The van der Waals surface area contributed by atoms with Crippen molar-refractivity contribution < 1.29 is 14.3 Å². The van der Waals surface area contributed by atoms with Crippen molar-refractivity contribution in [3.05, 3.63) is 11.6 Å². The number of hydrogen-bond acceptors (Lipinski definition) is 3. The molecule has 1 unspecified atom stereocenters. The van der Waals surface area contributed by atoms with Gasteiger partial charge in [-0.25, -0.2) is 0 Å². The second-order valence-electron chi connectivity index (χ2n) is 5.28. The van der Waals surface area contributed by atoms with E-state index in [0.717, 1.165) is 18.3 Å². The van der Waals surface area contributed by atoms with Crippen LogP contribution in [0.1, 0.15) is 40.0 Å². The van der Waals surface area contributed by atoms with E-state index in [4.69, 9.17) is 4.74 Å². The molecule has 1 atom stereocenters. The van der Waals surface area contributed by atoms with Gasteiger partial charge in [-0.15, -0.1) is 0 Å². The van der Waals surface area contributed by atoms with Gasteiger partial charge in [0, 0.05) is 35.1 Å². The number of allylic oxidation sites excluding steroid dienone is 1. The highest BCUT2D eigenvalue weighted by Gasteiger charge is 2.39. The average molecular weight is 384 g/mol. The molecule has 0 saturated heterocycles. The van der Waals surface area contributed by atoms with Crippen molar-refractivity contribution in [1.29, 1.82) is 0 Å². The minimum Gasteiger partial charge on any atom is -0.453 e. The van der Waals surface area contributed by atoms with Crippen molar-refractivity contribution in [3.8, 4) is 21.7 Å². The fourth-order valence-corrected chi connectivity index (χ4v) is 2.16. The van der Waals surface area contributed by atoms with Crippen LogP contribution in [0.5, 0.6) is 0 Å². The number of ether oxygens (including phenoxy) is 1. The third-order valence-corrected chi connectivity index (χ3v) is 3.36. The molecule has 0 amide bonds. The van der Waals surface area contributed by atoms with E-state index in [1.54, 1.807) is 13.8 Å². The molecule has 1 aliphatic rings. The minimum atomic E-state index is -0.754. The van der Waals surface area contributed by atoms with Crippen LogP contribution in [0.25, 0.3) is 0 Å². The Hall–Kier alpha value is -1.27. The summed E-state index contributed by atoms with van der Waals surface area (Å²) in [7, 11) is 0. The zero-order chi connectivity index (χ0) is 15.2. The average Bonchev–Trinajstić information content (AvgIpc) is 2.76. The molecule has 106 valence electrons. The Labute approximate surface area is 133 Å². The van der Waals surface area contributed by atoms with Crippen molar-refractivity contribution in [2.75, 3.05) is 0 Å². The zero-order valence-electron chi connectivity index (χ0n) is 11.9. The molecule has 0 aromatic rings. The predicted octanol–water partition coefficient (Wildman–Crippen LogP) is 3.02. The summed E-state index contributed by atoms with van der Waals surface area (Å²) in [6.07, 6.45) is 4.68. The lowest BCUT2D eigenvalue weighted by atomic mass is 9.90. The molecule has 20 heavy (non-hydrogen) atoms. The smallest absolute Gasteiger partial charge is 0.303 e. The highest BCUT2D eigenvalue weighted by molar-refractivity contribution is 14.1. The first kappa shape index (κ1) is 16.8. The first-order valence-electron chi connectivity index (χ1n) is 6.33. The normalized spacial score (nSPS) is 20.9. The Balaban J connectivity index is 3.10. The summed E-state index contributed by atoms with van der Waals surface area (Å²) in [6.45, 7) is 4.89. The van der Waals surface area contributed by atoms with Crippen LogP contribution in [0.4, 0.5) is 0 Å². The first-order valence-corrected chi connectivity index (χ1v) is 7.41. The maximum absolute atomic E-state index is 11.4. The minimum absolute atomic E-state index is 0.343. The van der Waals surface area contributed by atoms with Gasteiger partial charge < -0.3 is 9.53 Å². The van der Waals surface area contributed by atoms with Crippen molar-refractivity contribution in [2.45, 2.75) is 45.6 Å². The molecule has 0 fully saturated rings. The van der Waals surface area contributed by atoms with Crippen LogP contribution in [0.15, 0.2) is 11.6 Å². The van der Waals surface area contributed by atoms with Crippen LogP contribution in [-0.2, 0) is 14.3 Å². The largest absolute Gasteiger partial charge is 0.453 e. The molecule has 0 N–H and O–H groups in total. The lowest BCUT2D eigenvalue weighted by Gasteiger charge is -2.28. The van der Waals surface area contributed by atoms with Gasteiger partial charge in [-0.05, 0) is 30.6 Å². The van der Waals surface area contributed by atoms with Crippen LogP contribution in [0, 0.1) is 27.1 Å². The maximum Gasteiger partial charge on any atom is 0.303 e. The van der Waals surface area contributed by atoms with Gasteiger partial charge in [0.25, 0.3) is 0 Å². The Morgan fingerprint density at radius 3 is 2.85 bits per heavy atom. The number of esters is 1. The molecule has 0 bridgehead atoms. The molecular weight excluding hydrogens is 367 g/mol. The van der Waals surface area contributed by atoms with Crippen LogP contribution >= 0.6 is 22.6 Å². The molecular formula is C16H17IO3. The number of rotatable bonds is 3. The van der Waals surface area contributed by atoms with E-state index in [2.05, 4.69) is 21.7 Å². The summed E-state index contributed by atoms with van der Waals surface area (Å²) in [5, 5.41) is 0. The number of hydrogen-bond donors (Lipinski definition) is 0. The summed E-state index contributed by atoms with van der Waals surface area (Å²) >= 11 is 1.96. The molecule has 1 rings (SSSR count). The van der Waals surface area contributed by atoms with Gasteiger partial charge in [-0.3, -0.25) is 4.79 Å². The maximum atomic E-state index is 11.4. The summed E-state index contributed by atoms with van der Waals surface area (Å²) in [6, 6.07) is 0. The quantitative estimate of drug-likeness (QED) is 0.325. The van der Waals surface area contributed by atoms with Gasteiger partial charge in [0.05, 0.1) is 11.8 Å². The first-order chi connectivity index (χ1) is 9.35. The molecule has 0 radical (unpaired) electrons. The van der Waals surface area contributed by atoms with E-state index in [1.807, 2.05) is 28.7 Å². The standard InChI is InChI=1S/C16H17IO3/c1-13(19)20-16(9-5-11-17)8-4-6-14(16)7-10-15(2,3)12-18/h6,12H,4,8-9H2,1-3H3. The van der Waals surface area contributed by atoms with Gasteiger partial charge in [0.1, 0.15) is 6.29 Å². The van der Waals surface area contributed by atoms with E-state index in [9.17, 15) is 9.59 Å². The molecule has 0 heterocycles. The van der Waals surface area contributed by atoms with E-state index >= 15 is 0 Å². The number of halogens is 1. The van der Waals surface area contributed by atoms with E-state index in [-0.39, 0.29) is 5.97 Å². The fraction of sp³-hybridized carbons (Fsp3) is 0.500. The Kier molecular flexibility index (Phi) is 5.83. The van der Waals surface area contributed by atoms with E-state index in [1.165, 1.54) is 6.92 Å². The van der Waals surface area contributed by atoms with Gasteiger partial charge in [0.15, 0.2) is 5.60 Å². The third-order valence-electron chi connectivity index (χ3n) is 2.98. The summed E-state index contributed by atoms with van der Waals surface area (Å²) < 4.78 is 8.30. The molecule has 3 nitrogen and oxygen atoms in total. The Morgan fingerprint density at radius 1 is 1.60 bits per heavy atom. The number of carbonyl (C=O) groups is 2. The number of carbonyl (C=O) groups excluding carboxylic acids is 2. The molecule has 0 saturated carbocycles.